The Hall–Kier alpha value is -1.63. The second kappa shape index (κ2) is 7.08. The maximum atomic E-state index is 11.8. The van der Waals surface area contributed by atoms with Gasteiger partial charge in [0.15, 0.2) is 0 Å². The van der Waals surface area contributed by atoms with E-state index in [2.05, 4.69) is 21.2 Å². The van der Waals surface area contributed by atoms with Crippen LogP contribution in [0.15, 0.2) is 22.7 Å². The highest BCUT2D eigenvalue weighted by Gasteiger charge is 2.16. The van der Waals surface area contributed by atoms with Crippen LogP contribution in [-0.4, -0.2) is 35.4 Å². The molecule has 0 unspecified atom stereocenters. The summed E-state index contributed by atoms with van der Waals surface area (Å²) in [6, 6.07) is 4.58. The summed E-state index contributed by atoms with van der Waals surface area (Å²) in [6.45, 7) is 5.07. The number of nitrogens with one attached hydrogen (secondary N) is 1. The number of benzene rings is 1. The van der Waals surface area contributed by atoms with Crippen molar-refractivity contribution in [3.8, 4) is 0 Å². The summed E-state index contributed by atoms with van der Waals surface area (Å²) < 4.78 is 0.718. The monoisotopic (exact) mass is 329 g/mol. The number of anilines is 1. The van der Waals surface area contributed by atoms with Crippen molar-refractivity contribution in [2.45, 2.75) is 13.8 Å². The van der Waals surface area contributed by atoms with Crippen molar-refractivity contribution in [1.29, 1.82) is 0 Å². The van der Waals surface area contributed by atoms with Gasteiger partial charge in [-0.2, -0.15) is 0 Å². The zero-order valence-electron chi connectivity index (χ0n) is 10.9. The molecule has 19 heavy (non-hydrogen) atoms. The summed E-state index contributed by atoms with van der Waals surface area (Å²) in [5.41, 5.74) is 0.287. The van der Waals surface area contributed by atoms with E-state index < -0.39 is 4.92 Å². The summed E-state index contributed by atoms with van der Waals surface area (Å²) in [5.74, 6) is -0.0840. The number of likely N-dealkylation sites (N-methyl/N-ethyl adjacent to an activating group) is 1. The molecule has 0 aliphatic rings. The number of nitro groups is 1. The van der Waals surface area contributed by atoms with Gasteiger partial charge < -0.3 is 10.2 Å². The van der Waals surface area contributed by atoms with Crippen molar-refractivity contribution in [1.82, 2.24) is 4.90 Å². The van der Waals surface area contributed by atoms with E-state index in [1.165, 1.54) is 6.07 Å². The van der Waals surface area contributed by atoms with Gasteiger partial charge in [-0.05, 0) is 26.0 Å². The van der Waals surface area contributed by atoms with Gasteiger partial charge in [0.2, 0.25) is 5.91 Å². The Morgan fingerprint density at radius 3 is 2.58 bits per heavy atom. The summed E-state index contributed by atoms with van der Waals surface area (Å²) in [6.07, 6.45) is 0. The van der Waals surface area contributed by atoms with Crippen LogP contribution in [0.4, 0.5) is 11.4 Å². The molecule has 0 aliphatic carbocycles. The van der Waals surface area contributed by atoms with Crippen LogP contribution in [0.1, 0.15) is 13.8 Å². The molecule has 0 bridgehead atoms. The average Bonchev–Trinajstić information content (AvgIpc) is 2.37. The van der Waals surface area contributed by atoms with Gasteiger partial charge in [-0.1, -0.05) is 15.9 Å². The van der Waals surface area contributed by atoms with E-state index in [0.717, 1.165) is 4.47 Å². The van der Waals surface area contributed by atoms with Gasteiger partial charge in [0.25, 0.3) is 5.69 Å². The van der Waals surface area contributed by atoms with Crippen LogP contribution in [0, 0.1) is 10.1 Å². The quantitative estimate of drug-likeness (QED) is 0.643. The molecule has 1 aromatic carbocycles. The number of carbonyl (C=O) groups excluding carboxylic acids is 1. The Labute approximate surface area is 120 Å². The number of rotatable bonds is 6. The van der Waals surface area contributed by atoms with Crippen molar-refractivity contribution in [3.05, 3.63) is 32.8 Å². The molecule has 0 heterocycles. The first-order valence-corrected chi connectivity index (χ1v) is 6.74. The molecule has 1 rings (SSSR count). The van der Waals surface area contributed by atoms with Crippen LogP contribution >= 0.6 is 15.9 Å². The fourth-order valence-electron chi connectivity index (χ4n) is 1.67. The predicted molar refractivity (Wildman–Crippen MR) is 77.2 cm³/mol. The third-order valence-corrected chi connectivity index (χ3v) is 3.19. The molecule has 0 spiro atoms. The molecule has 1 amide bonds. The summed E-state index contributed by atoms with van der Waals surface area (Å²) in [7, 11) is 0. The van der Waals surface area contributed by atoms with Gasteiger partial charge in [0.1, 0.15) is 5.69 Å². The first-order chi connectivity index (χ1) is 8.99. The standard InChI is InChI=1S/C12H16BrN3O3/c1-3-15(4-2)12(17)8-14-10-7-9(13)5-6-11(10)16(18)19/h5-7,14H,3-4,8H2,1-2H3. The Morgan fingerprint density at radius 2 is 2.05 bits per heavy atom. The molecule has 1 aromatic rings. The molecular formula is C12H16BrN3O3. The van der Waals surface area contributed by atoms with Crippen molar-refractivity contribution in [2.24, 2.45) is 0 Å². The molecule has 0 aliphatic heterocycles. The van der Waals surface area contributed by atoms with E-state index in [1.54, 1.807) is 17.0 Å². The van der Waals surface area contributed by atoms with Gasteiger partial charge in [0, 0.05) is 23.6 Å². The summed E-state index contributed by atoms with van der Waals surface area (Å²) in [5, 5.41) is 13.7. The number of carbonyl (C=O) groups is 1. The lowest BCUT2D eigenvalue weighted by atomic mass is 10.2. The zero-order valence-corrected chi connectivity index (χ0v) is 12.4. The van der Waals surface area contributed by atoms with Gasteiger partial charge in [-0.25, -0.2) is 0 Å². The Balaban J connectivity index is 2.79. The van der Waals surface area contributed by atoms with Crippen molar-refractivity contribution >= 4 is 33.2 Å². The van der Waals surface area contributed by atoms with Crippen LogP contribution in [0.2, 0.25) is 0 Å². The maximum absolute atomic E-state index is 11.8. The molecule has 0 atom stereocenters. The van der Waals surface area contributed by atoms with E-state index >= 15 is 0 Å². The van der Waals surface area contributed by atoms with E-state index in [4.69, 9.17) is 0 Å². The molecule has 0 fully saturated rings. The summed E-state index contributed by atoms with van der Waals surface area (Å²) >= 11 is 3.25. The smallest absolute Gasteiger partial charge is 0.292 e. The van der Waals surface area contributed by atoms with Gasteiger partial charge in [-0.15, -0.1) is 0 Å². The molecule has 104 valence electrons. The fraction of sp³-hybridized carbons (Fsp3) is 0.417. The number of hydrogen-bond acceptors (Lipinski definition) is 4. The topological polar surface area (TPSA) is 75.5 Å². The summed E-state index contributed by atoms with van der Waals surface area (Å²) in [4.78, 5) is 23.9. The van der Waals surface area contributed by atoms with E-state index in [9.17, 15) is 14.9 Å². The Morgan fingerprint density at radius 1 is 1.42 bits per heavy atom. The highest BCUT2D eigenvalue weighted by atomic mass is 79.9. The van der Waals surface area contributed by atoms with Gasteiger partial charge in [-0.3, -0.25) is 14.9 Å². The van der Waals surface area contributed by atoms with Gasteiger partial charge >= 0.3 is 0 Å². The van der Waals surface area contributed by atoms with Crippen LogP contribution in [0.25, 0.3) is 0 Å². The molecule has 0 saturated heterocycles. The molecule has 7 heteroatoms. The molecular weight excluding hydrogens is 314 g/mol. The lowest BCUT2D eigenvalue weighted by molar-refractivity contribution is -0.384. The minimum absolute atomic E-state index is 0.0406. The molecule has 0 saturated carbocycles. The second-order valence-corrected chi connectivity index (χ2v) is 4.75. The van der Waals surface area contributed by atoms with Crippen molar-refractivity contribution < 1.29 is 9.72 Å². The average molecular weight is 330 g/mol. The Bertz CT molecular complexity index is 475. The predicted octanol–water partition coefficient (Wildman–Crippen LogP) is 2.64. The first kappa shape index (κ1) is 15.4. The van der Waals surface area contributed by atoms with Crippen molar-refractivity contribution in [3.63, 3.8) is 0 Å². The lowest BCUT2D eigenvalue weighted by Gasteiger charge is -2.19. The van der Waals surface area contributed by atoms with E-state index in [-0.39, 0.29) is 18.1 Å². The first-order valence-electron chi connectivity index (χ1n) is 5.95. The van der Waals surface area contributed by atoms with Crippen LogP contribution in [0.3, 0.4) is 0 Å². The number of amides is 1. The molecule has 0 aromatic heterocycles. The van der Waals surface area contributed by atoms with E-state index in [1.807, 2.05) is 13.8 Å². The number of hydrogen-bond donors (Lipinski definition) is 1. The van der Waals surface area contributed by atoms with E-state index in [0.29, 0.717) is 18.8 Å². The Kier molecular flexibility index (Phi) is 5.75. The molecule has 1 N–H and O–H groups in total. The normalized spacial score (nSPS) is 10.1. The second-order valence-electron chi connectivity index (χ2n) is 3.84. The van der Waals surface area contributed by atoms with Gasteiger partial charge in [0.05, 0.1) is 11.5 Å². The zero-order chi connectivity index (χ0) is 14.4. The minimum atomic E-state index is -0.476. The number of halogens is 1. The van der Waals surface area contributed by atoms with Crippen LogP contribution < -0.4 is 5.32 Å². The number of nitrogens with zero attached hydrogens (tertiary/aromatic N) is 2. The largest absolute Gasteiger partial charge is 0.371 e. The van der Waals surface area contributed by atoms with Crippen LogP contribution in [0.5, 0.6) is 0 Å². The fourth-order valence-corrected chi connectivity index (χ4v) is 2.03. The molecule has 0 radical (unpaired) electrons. The highest BCUT2D eigenvalue weighted by molar-refractivity contribution is 9.10. The SMILES string of the molecule is CCN(CC)C(=O)CNc1cc(Br)ccc1[N+](=O)[O-]. The van der Waals surface area contributed by atoms with Crippen LogP contribution in [-0.2, 0) is 4.79 Å². The highest BCUT2D eigenvalue weighted by Crippen LogP contribution is 2.27. The lowest BCUT2D eigenvalue weighted by Crippen LogP contribution is -2.35. The third-order valence-electron chi connectivity index (χ3n) is 2.70. The molecule has 6 nitrogen and oxygen atoms in total. The third kappa shape index (κ3) is 4.20. The number of nitro benzene ring substituents is 1. The minimum Gasteiger partial charge on any atom is -0.371 e. The maximum Gasteiger partial charge on any atom is 0.292 e. The van der Waals surface area contributed by atoms with Crippen molar-refractivity contribution in [2.75, 3.05) is 25.0 Å².